The van der Waals surface area contributed by atoms with Crippen LogP contribution >= 0.6 is 11.6 Å². The molecule has 0 unspecified atom stereocenters. The Bertz CT molecular complexity index is 1180. The zero-order valence-electron chi connectivity index (χ0n) is 16.5. The summed E-state index contributed by atoms with van der Waals surface area (Å²) in [6.07, 6.45) is 1.69. The molecule has 0 heterocycles. The summed E-state index contributed by atoms with van der Waals surface area (Å²) in [6, 6.07) is 28.7. The summed E-state index contributed by atoms with van der Waals surface area (Å²) in [6.45, 7) is 0.242. The summed E-state index contributed by atoms with van der Waals surface area (Å²) < 4.78 is 25.0. The van der Waals surface area contributed by atoms with Gasteiger partial charge in [0.05, 0.1) is 5.69 Å². The van der Waals surface area contributed by atoms with E-state index in [1.807, 2.05) is 60.7 Å². The van der Waals surface area contributed by atoms with Crippen molar-refractivity contribution in [3.63, 3.8) is 0 Å². The molecule has 0 aliphatic heterocycles. The number of hydrogen-bond acceptors (Lipinski definition) is 3. The van der Waals surface area contributed by atoms with Crippen LogP contribution < -0.4 is 9.47 Å². The van der Waals surface area contributed by atoms with Gasteiger partial charge in [-0.2, -0.15) is 0 Å². The van der Waals surface area contributed by atoms with Gasteiger partial charge in [0.15, 0.2) is 0 Å². The number of rotatable bonds is 7. The first-order valence-electron chi connectivity index (χ1n) is 9.69. The van der Waals surface area contributed by atoms with Crippen molar-refractivity contribution < 1.29 is 13.9 Å². The van der Waals surface area contributed by atoms with E-state index in [0.717, 1.165) is 28.3 Å². The highest BCUT2D eigenvalue weighted by Crippen LogP contribution is 2.26. The fourth-order valence-corrected chi connectivity index (χ4v) is 3.09. The topological polar surface area (TPSA) is 30.8 Å². The monoisotopic (exact) mass is 431 g/mol. The summed E-state index contributed by atoms with van der Waals surface area (Å²) in [4.78, 5) is 4.52. The number of aliphatic imine (C=N–C) groups is 1. The average molecular weight is 432 g/mol. The lowest BCUT2D eigenvalue weighted by Crippen LogP contribution is -1.99. The van der Waals surface area contributed by atoms with Crippen molar-refractivity contribution in [2.24, 2.45) is 4.99 Å². The molecule has 0 aromatic heterocycles. The summed E-state index contributed by atoms with van der Waals surface area (Å²) >= 11 is 6.15. The zero-order valence-corrected chi connectivity index (χ0v) is 17.3. The summed E-state index contributed by atoms with van der Waals surface area (Å²) in [5, 5.41) is 0.575. The maximum atomic E-state index is 13.4. The van der Waals surface area contributed by atoms with Crippen molar-refractivity contribution in [3.05, 3.63) is 119 Å². The maximum absolute atomic E-state index is 13.4. The molecular formula is C26H19ClFNO2. The van der Waals surface area contributed by atoms with Crippen LogP contribution in [0.5, 0.6) is 17.2 Å². The minimum Gasteiger partial charge on any atom is -0.488 e. The Hall–Kier alpha value is -3.63. The second-order valence-electron chi connectivity index (χ2n) is 6.77. The fraction of sp³-hybridized carbons (Fsp3) is 0.0385. The second kappa shape index (κ2) is 9.92. The van der Waals surface area contributed by atoms with E-state index >= 15 is 0 Å². The van der Waals surface area contributed by atoms with Crippen LogP contribution in [0.1, 0.15) is 11.1 Å². The maximum Gasteiger partial charge on any atom is 0.128 e. The summed E-state index contributed by atoms with van der Waals surface area (Å²) in [7, 11) is 0. The van der Waals surface area contributed by atoms with Crippen LogP contribution in [0.4, 0.5) is 10.1 Å². The van der Waals surface area contributed by atoms with Crippen molar-refractivity contribution in [3.8, 4) is 17.2 Å². The molecule has 31 heavy (non-hydrogen) atoms. The number of benzene rings is 4. The Balaban J connectivity index is 1.46. The van der Waals surface area contributed by atoms with Gasteiger partial charge in [0, 0.05) is 16.8 Å². The van der Waals surface area contributed by atoms with Gasteiger partial charge in [-0.05, 0) is 72.3 Å². The van der Waals surface area contributed by atoms with Gasteiger partial charge in [-0.1, -0.05) is 41.9 Å². The lowest BCUT2D eigenvalue weighted by molar-refractivity contribution is 0.305. The molecule has 0 saturated carbocycles. The summed E-state index contributed by atoms with van der Waals surface area (Å²) in [5.74, 6) is 1.82. The number of ether oxygens (including phenoxy) is 2. The van der Waals surface area contributed by atoms with Crippen LogP contribution in [0.3, 0.4) is 0 Å². The Labute approximate surface area is 185 Å². The van der Waals surface area contributed by atoms with Crippen LogP contribution in [0.15, 0.2) is 102 Å². The molecule has 0 N–H and O–H groups in total. The van der Waals surface area contributed by atoms with E-state index in [4.69, 9.17) is 21.1 Å². The van der Waals surface area contributed by atoms with E-state index in [9.17, 15) is 4.39 Å². The third kappa shape index (κ3) is 5.93. The predicted octanol–water partition coefficient (Wildman–Crippen LogP) is 7.60. The molecule has 154 valence electrons. The van der Waals surface area contributed by atoms with Gasteiger partial charge in [0.1, 0.15) is 29.7 Å². The van der Waals surface area contributed by atoms with E-state index < -0.39 is 0 Å². The predicted molar refractivity (Wildman–Crippen MR) is 122 cm³/mol. The molecule has 4 rings (SSSR count). The minimum atomic E-state index is -0.293. The molecule has 0 aliphatic rings. The third-order valence-electron chi connectivity index (χ3n) is 4.42. The Kier molecular flexibility index (Phi) is 6.60. The van der Waals surface area contributed by atoms with Gasteiger partial charge < -0.3 is 9.47 Å². The lowest BCUT2D eigenvalue weighted by Gasteiger charge is -2.10. The molecule has 0 aliphatic carbocycles. The summed E-state index contributed by atoms with van der Waals surface area (Å²) in [5.41, 5.74) is 2.23. The quantitative estimate of drug-likeness (QED) is 0.282. The van der Waals surface area contributed by atoms with Crippen LogP contribution in [0, 0.1) is 5.82 Å². The van der Waals surface area contributed by atoms with Crippen LogP contribution in [0.25, 0.3) is 0 Å². The molecular weight excluding hydrogens is 413 g/mol. The molecule has 0 radical (unpaired) electrons. The van der Waals surface area contributed by atoms with E-state index in [1.165, 1.54) is 12.1 Å². The fourth-order valence-electron chi connectivity index (χ4n) is 2.91. The first-order valence-corrected chi connectivity index (χ1v) is 10.1. The van der Waals surface area contributed by atoms with Gasteiger partial charge in [0.2, 0.25) is 0 Å². The standard InChI is InChI=1S/C26H19ClFNO2/c27-21-9-14-26(30-18-19-5-4-6-22(28)15-19)20(16-21)17-29-23-10-12-25(13-11-23)31-24-7-2-1-3-8-24/h1-17H,18H2. The van der Waals surface area contributed by atoms with E-state index in [2.05, 4.69) is 4.99 Å². The number of halogens is 2. The first-order chi connectivity index (χ1) is 15.2. The molecule has 0 spiro atoms. The van der Waals surface area contributed by atoms with E-state index in [-0.39, 0.29) is 12.4 Å². The van der Waals surface area contributed by atoms with Crippen LogP contribution in [-0.2, 0) is 6.61 Å². The highest BCUT2D eigenvalue weighted by Gasteiger charge is 2.05. The lowest BCUT2D eigenvalue weighted by atomic mass is 10.2. The Morgan fingerprint density at radius 2 is 1.58 bits per heavy atom. The van der Waals surface area contributed by atoms with Crippen molar-refractivity contribution >= 4 is 23.5 Å². The molecule has 4 aromatic rings. The second-order valence-corrected chi connectivity index (χ2v) is 7.20. The molecule has 4 aromatic carbocycles. The van der Waals surface area contributed by atoms with Gasteiger partial charge in [-0.3, -0.25) is 4.99 Å². The van der Waals surface area contributed by atoms with Crippen molar-refractivity contribution in [1.29, 1.82) is 0 Å². The smallest absolute Gasteiger partial charge is 0.128 e. The number of nitrogens with zero attached hydrogens (tertiary/aromatic N) is 1. The van der Waals surface area contributed by atoms with Crippen molar-refractivity contribution in [2.75, 3.05) is 0 Å². The number of hydrogen-bond donors (Lipinski definition) is 0. The highest BCUT2D eigenvalue weighted by atomic mass is 35.5. The minimum absolute atomic E-state index is 0.242. The molecule has 0 fully saturated rings. The number of para-hydroxylation sites is 1. The molecule has 0 atom stereocenters. The van der Waals surface area contributed by atoms with E-state index in [1.54, 1.807) is 30.5 Å². The largest absolute Gasteiger partial charge is 0.488 e. The molecule has 0 bridgehead atoms. The molecule has 0 amide bonds. The van der Waals surface area contributed by atoms with Gasteiger partial charge in [0.25, 0.3) is 0 Å². The average Bonchev–Trinajstić information content (AvgIpc) is 2.79. The van der Waals surface area contributed by atoms with E-state index in [0.29, 0.717) is 10.8 Å². The van der Waals surface area contributed by atoms with Gasteiger partial charge in [-0.25, -0.2) is 4.39 Å². The van der Waals surface area contributed by atoms with Crippen LogP contribution in [-0.4, -0.2) is 6.21 Å². The Morgan fingerprint density at radius 3 is 2.35 bits per heavy atom. The van der Waals surface area contributed by atoms with Gasteiger partial charge >= 0.3 is 0 Å². The van der Waals surface area contributed by atoms with Crippen molar-refractivity contribution in [1.82, 2.24) is 0 Å². The zero-order chi connectivity index (χ0) is 21.5. The van der Waals surface area contributed by atoms with Crippen molar-refractivity contribution in [2.45, 2.75) is 6.61 Å². The highest BCUT2D eigenvalue weighted by molar-refractivity contribution is 6.30. The Morgan fingerprint density at radius 1 is 0.806 bits per heavy atom. The normalized spacial score (nSPS) is 10.9. The first kappa shape index (κ1) is 20.6. The molecule has 0 saturated heterocycles. The molecule has 5 heteroatoms. The molecule has 3 nitrogen and oxygen atoms in total. The third-order valence-corrected chi connectivity index (χ3v) is 4.66. The van der Waals surface area contributed by atoms with Gasteiger partial charge in [-0.15, -0.1) is 0 Å². The SMILES string of the molecule is Fc1cccc(COc2ccc(Cl)cc2C=Nc2ccc(Oc3ccccc3)cc2)c1. The van der Waals surface area contributed by atoms with Crippen LogP contribution in [0.2, 0.25) is 5.02 Å².